The van der Waals surface area contributed by atoms with Crippen molar-refractivity contribution in [1.29, 1.82) is 0 Å². The Labute approximate surface area is 121 Å². The van der Waals surface area contributed by atoms with E-state index in [1.165, 1.54) is 11.6 Å². The Hall–Kier alpha value is -2.31. The molecule has 0 aromatic carbocycles. The quantitative estimate of drug-likeness (QED) is 0.668. The van der Waals surface area contributed by atoms with Crippen LogP contribution in [-0.4, -0.2) is 23.1 Å². The first kappa shape index (κ1) is 13.7. The Balaban J connectivity index is 2.71. The molecule has 0 saturated heterocycles. The summed E-state index contributed by atoms with van der Waals surface area (Å²) in [5.41, 5.74) is 2.25. The summed E-state index contributed by atoms with van der Waals surface area (Å²) in [7, 11) is 3.13. The smallest absolute Gasteiger partial charge is 0.311 e. The standard InChI is InChI=1S/C14H19N5O2/c1-7(2)18-8(3)9(4)19-10-11(15-13(18)19)16(5)14(21)17(6)12(10)20/h7H,1-6H3. The number of fused-ring (bicyclic) bond motifs is 3. The lowest BCUT2D eigenvalue weighted by molar-refractivity contribution is 0.600. The minimum Gasteiger partial charge on any atom is -0.311 e. The Morgan fingerprint density at radius 2 is 1.62 bits per heavy atom. The highest BCUT2D eigenvalue weighted by atomic mass is 16.2. The molecule has 0 aliphatic heterocycles. The number of rotatable bonds is 1. The van der Waals surface area contributed by atoms with Crippen LogP contribution in [0.5, 0.6) is 0 Å². The summed E-state index contributed by atoms with van der Waals surface area (Å²) < 4.78 is 6.48. The third-order valence-electron chi connectivity index (χ3n) is 4.19. The number of aromatic nitrogens is 5. The third kappa shape index (κ3) is 1.51. The van der Waals surface area contributed by atoms with Crippen molar-refractivity contribution in [3.8, 4) is 0 Å². The van der Waals surface area contributed by atoms with Crippen molar-refractivity contribution < 1.29 is 0 Å². The Kier molecular flexibility index (Phi) is 2.66. The molecule has 0 saturated carbocycles. The van der Waals surface area contributed by atoms with Crippen molar-refractivity contribution in [2.45, 2.75) is 33.7 Å². The normalized spacial score (nSPS) is 12.1. The van der Waals surface area contributed by atoms with E-state index in [1.54, 1.807) is 7.05 Å². The molecule has 0 radical (unpaired) electrons. The van der Waals surface area contributed by atoms with Gasteiger partial charge in [0.15, 0.2) is 11.2 Å². The predicted octanol–water partition coefficient (Wildman–Crippen LogP) is 0.884. The van der Waals surface area contributed by atoms with Crippen LogP contribution in [0.2, 0.25) is 0 Å². The summed E-state index contributed by atoms with van der Waals surface area (Å²) >= 11 is 0. The van der Waals surface area contributed by atoms with E-state index in [1.807, 2.05) is 18.2 Å². The first-order chi connectivity index (χ1) is 9.77. The molecule has 0 aliphatic carbocycles. The van der Waals surface area contributed by atoms with Crippen LogP contribution in [0.3, 0.4) is 0 Å². The number of imidazole rings is 2. The van der Waals surface area contributed by atoms with Crippen molar-refractivity contribution in [1.82, 2.24) is 23.1 Å². The van der Waals surface area contributed by atoms with Gasteiger partial charge in [-0.05, 0) is 27.7 Å². The molecule has 3 aromatic heterocycles. The number of nitrogens with zero attached hydrogens (tertiary/aromatic N) is 5. The largest absolute Gasteiger partial charge is 0.332 e. The van der Waals surface area contributed by atoms with Crippen LogP contribution in [-0.2, 0) is 14.1 Å². The van der Waals surface area contributed by atoms with Gasteiger partial charge in [0.1, 0.15) is 0 Å². The number of hydrogen-bond donors (Lipinski definition) is 0. The highest BCUT2D eigenvalue weighted by Crippen LogP contribution is 2.23. The van der Waals surface area contributed by atoms with Gasteiger partial charge in [-0.2, -0.15) is 4.98 Å². The maximum Gasteiger partial charge on any atom is 0.332 e. The fourth-order valence-electron chi connectivity index (χ4n) is 2.97. The van der Waals surface area contributed by atoms with Crippen LogP contribution in [0.1, 0.15) is 31.3 Å². The van der Waals surface area contributed by atoms with Gasteiger partial charge in [-0.15, -0.1) is 0 Å². The van der Waals surface area contributed by atoms with Crippen molar-refractivity contribution in [3.63, 3.8) is 0 Å². The number of hydrogen-bond acceptors (Lipinski definition) is 3. The van der Waals surface area contributed by atoms with Gasteiger partial charge in [-0.25, -0.2) is 4.79 Å². The molecule has 0 atom stereocenters. The molecule has 3 heterocycles. The summed E-state index contributed by atoms with van der Waals surface area (Å²) in [5.74, 6) is 0.702. The molecule has 21 heavy (non-hydrogen) atoms. The topological polar surface area (TPSA) is 66.2 Å². The molecular weight excluding hydrogens is 270 g/mol. The van der Waals surface area contributed by atoms with Gasteiger partial charge in [-0.3, -0.25) is 18.3 Å². The lowest BCUT2D eigenvalue weighted by Crippen LogP contribution is -2.37. The van der Waals surface area contributed by atoms with Gasteiger partial charge in [0.05, 0.1) is 0 Å². The second-order valence-corrected chi connectivity index (χ2v) is 5.76. The molecule has 7 nitrogen and oxygen atoms in total. The van der Waals surface area contributed by atoms with E-state index in [0.717, 1.165) is 16.0 Å². The van der Waals surface area contributed by atoms with Crippen molar-refractivity contribution in [2.24, 2.45) is 14.1 Å². The highest BCUT2D eigenvalue weighted by molar-refractivity contribution is 5.76. The fourth-order valence-corrected chi connectivity index (χ4v) is 2.97. The van der Waals surface area contributed by atoms with E-state index >= 15 is 0 Å². The van der Waals surface area contributed by atoms with Gasteiger partial charge >= 0.3 is 5.69 Å². The zero-order chi connectivity index (χ0) is 15.6. The first-order valence-corrected chi connectivity index (χ1v) is 6.93. The lowest BCUT2D eigenvalue weighted by atomic mass is 10.3. The van der Waals surface area contributed by atoms with E-state index in [2.05, 4.69) is 23.4 Å². The van der Waals surface area contributed by atoms with Crippen LogP contribution in [0, 0.1) is 13.8 Å². The van der Waals surface area contributed by atoms with Gasteiger partial charge in [-0.1, -0.05) is 0 Å². The summed E-state index contributed by atoms with van der Waals surface area (Å²) in [4.78, 5) is 29.1. The molecule has 0 aliphatic rings. The molecule has 0 amide bonds. The van der Waals surface area contributed by atoms with Gasteiger partial charge in [0.2, 0.25) is 5.78 Å². The SMILES string of the molecule is Cc1c(C)n2c3c(=O)n(C)c(=O)n(C)c3nc2n1C(C)C. The van der Waals surface area contributed by atoms with Gasteiger partial charge < -0.3 is 4.57 Å². The molecular formula is C14H19N5O2. The molecule has 3 aromatic rings. The molecule has 0 spiro atoms. The van der Waals surface area contributed by atoms with E-state index in [-0.39, 0.29) is 17.3 Å². The summed E-state index contributed by atoms with van der Waals surface area (Å²) in [6.07, 6.45) is 0. The Morgan fingerprint density at radius 3 is 2.19 bits per heavy atom. The second kappa shape index (κ2) is 4.09. The summed E-state index contributed by atoms with van der Waals surface area (Å²) in [6, 6.07) is 0.221. The van der Waals surface area contributed by atoms with Crippen LogP contribution in [0.25, 0.3) is 16.9 Å². The molecule has 7 heteroatoms. The Morgan fingerprint density at radius 1 is 1.00 bits per heavy atom. The van der Waals surface area contributed by atoms with E-state index in [0.29, 0.717) is 16.9 Å². The lowest BCUT2D eigenvalue weighted by Gasteiger charge is -2.09. The second-order valence-electron chi connectivity index (χ2n) is 5.76. The van der Waals surface area contributed by atoms with Crippen LogP contribution >= 0.6 is 0 Å². The van der Waals surface area contributed by atoms with Gasteiger partial charge in [0.25, 0.3) is 5.56 Å². The molecule has 3 rings (SSSR count). The summed E-state index contributed by atoms with van der Waals surface area (Å²) in [5, 5.41) is 0. The maximum atomic E-state index is 12.5. The van der Waals surface area contributed by atoms with Crippen molar-refractivity contribution in [2.75, 3.05) is 0 Å². The van der Waals surface area contributed by atoms with Crippen molar-refractivity contribution in [3.05, 3.63) is 32.2 Å². The number of aryl methyl sites for hydroxylation is 2. The predicted molar refractivity (Wildman–Crippen MR) is 81.0 cm³/mol. The molecule has 0 unspecified atom stereocenters. The minimum absolute atomic E-state index is 0.221. The average molecular weight is 289 g/mol. The van der Waals surface area contributed by atoms with Crippen LogP contribution in [0.4, 0.5) is 0 Å². The summed E-state index contributed by atoms with van der Waals surface area (Å²) in [6.45, 7) is 8.13. The molecule has 112 valence electrons. The van der Waals surface area contributed by atoms with Crippen LogP contribution < -0.4 is 11.2 Å². The van der Waals surface area contributed by atoms with Gasteiger partial charge in [0, 0.05) is 31.5 Å². The van der Waals surface area contributed by atoms with E-state index in [9.17, 15) is 9.59 Å². The highest BCUT2D eigenvalue weighted by Gasteiger charge is 2.22. The zero-order valence-electron chi connectivity index (χ0n) is 13.1. The molecule has 0 N–H and O–H groups in total. The average Bonchev–Trinajstić information content (AvgIpc) is 2.91. The monoisotopic (exact) mass is 289 g/mol. The third-order valence-corrected chi connectivity index (χ3v) is 4.19. The molecule has 0 fully saturated rings. The maximum absolute atomic E-state index is 12.5. The Bertz CT molecular complexity index is 997. The van der Waals surface area contributed by atoms with E-state index in [4.69, 9.17) is 0 Å². The first-order valence-electron chi connectivity index (χ1n) is 6.93. The van der Waals surface area contributed by atoms with Crippen LogP contribution in [0.15, 0.2) is 9.59 Å². The van der Waals surface area contributed by atoms with E-state index < -0.39 is 0 Å². The minimum atomic E-state index is -0.362. The van der Waals surface area contributed by atoms with Crippen molar-refractivity contribution >= 4 is 16.9 Å². The zero-order valence-corrected chi connectivity index (χ0v) is 13.1. The fraction of sp³-hybridized carbons (Fsp3) is 0.500. The molecule has 0 bridgehead atoms.